The fourth-order valence-corrected chi connectivity index (χ4v) is 4.83. The molecule has 1 N–H and O–H groups in total. The molecule has 2 aliphatic heterocycles. The van der Waals surface area contributed by atoms with Gasteiger partial charge in [-0.2, -0.15) is 4.98 Å². The molecule has 0 aliphatic carbocycles. The van der Waals surface area contributed by atoms with Gasteiger partial charge in [-0.3, -0.25) is 4.90 Å². The summed E-state index contributed by atoms with van der Waals surface area (Å²) in [7, 11) is 1.55. The van der Waals surface area contributed by atoms with Crippen molar-refractivity contribution in [3.63, 3.8) is 0 Å². The van der Waals surface area contributed by atoms with Crippen LogP contribution in [0.3, 0.4) is 0 Å². The fourth-order valence-electron chi connectivity index (χ4n) is 4.83. The molecular formula is C23H26F2N8O2. The average Bonchev–Trinajstić information content (AvgIpc) is 3.43. The van der Waals surface area contributed by atoms with Crippen molar-refractivity contribution in [2.75, 3.05) is 45.4 Å². The summed E-state index contributed by atoms with van der Waals surface area (Å²) < 4.78 is 41.9. The number of nitrogens with zero attached hydrogens (tertiary/aromatic N) is 7. The van der Waals surface area contributed by atoms with Crippen LogP contribution in [0.2, 0.25) is 0 Å². The second kappa shape index (κ2) is 9.00. The Morgan fingerprint density at radius 3 is 2.89 bits per heavy atom. The number of nitrogens with one attached hydrogen (secondary N) is 1. The smallest absolute Gasteiger partial charge is 0.244 e. The number of hydrogen-bond donors (Lipinski definition) is 1. The maximum absolute atomic E-state index is 14.9. The number of likely N-dealkylation sites (tertiary alicyclic amines) is 1. The molecule has 0 unspecified atom stereocenters. The van der Waals surface area contributed by atoms with Crippen molar-refractivity contribution < 1.29 is 18.3 Å². The Hall–Kier alpha value is -3.38. The normalized spacial score (nSPS) is 21.5. The molecule has 2 atom stereocenters. The van der Waals surface area contributed by atoms with Crippen LogP contribution in [0.1, 0.15) is 6.42 Å². The predicted octanol–water partition coefficient (Wildman–Crippen LogP) is 2.34. The van der Waals surface area contributed by atoms with E-state index in [1.165, 1.54) is 0 Å². The third kappa shape index (κ3) is 3.96. The van der Waals surface area contributed by atoms with Gasteiger partial charge in [-0.15, -0.1) is 10.2 Å². The molecule has 1 aromatic carbocycles. The maximum atomic E-state index is 14.9. The molecule has 2 saturated heterocycles. The molecule has 4 aromatic rings. The number of benzene rings is 1. The van der Waals surface area contributed by atoms with Crippen molar-refractivity contribution in [3.05, 3.63) is 30.5 Å². The topological polar surface area (TPSA) is 94.6 Å². The van der Waals surface area contributed by atoms with Crippen LogP contribution in [0.15, 0.2) is 30.5 Å². The van der Waals surface area contributed by atoms with E-state index >= 15 is 0 Å². The van der Waals surface area contributed by atoms with Gasteiger partial charge in [-0.1, -0.05) is 11.3 Å². The second-order valence-corrected chi connectivity index (χ2v) is 8.91. The maximum Gasteiger partial charge on any atom is 0.244 e. The van der Waals surface area contributed by atoms with Gasteiger partial charge in [0.05, 0.1) is 44.5 Å². The zero-order valence-electron chi connectivity index (χ0n) is 19.3. The number of aryl methyl sites for hydroxylation is 1. The first-order valence-corrected chi connectivity index (χ1v) is 11.7. The second-order valence-electron chi connectivity index (χ2n) is 8.91. The SMILES string of the molecule is COc1nc(N[C@H]2CCN(C3COC3)C[C@@H]2F)nn2ccc(-c3ccc4nnn(CCF)c4c3)c12. The van der Waals surface area contributed by atoms with Crippen molar-refractivity contribution >= 4 is 22.5 Å². The van der Waals surface area contributed by atoms with Crippen LogP contribution in [-0.2, 0) is 11.3 Å². The molecule has 6 rings (SSSR count). The first-order valence-electron chi connectivity index (χ1n) is 11.7. The quantitative estimate of drug-likeness (QED) is 0.427. The largest absolute Gasteiger partial charge is 0.479 e. The summed E-state index contributed by atoms with van der Waals surface area (Å²) in [5.41, 5.74) is 3.84. The first-order chi connectivity index (χ1) is 17.1. The molecule has 35 heavy (non-hydrogen) atoms. The number of hydrogen-bond acceptors (Lipinski definition) is 8. The number of piperidine rings is 1. The standard InChI is InChI=1S/C23H26F2N8O2/c1-34-22-21-16(14-2-3-19-20(10-14)32(9-6-24)30-28-19)4-8-33(21)29-23(27-22)26-18-5-7-31(11-17(18)25)15-12-35-13-15/h2-4,8,10,15,17-18H,5-7,9,11-13H2,1H3,(H,26,29)/t17-,18-/m0/s1. The molecular weight excluding hydrogens is 458 g/mol. The molecule has 0 saturated carbocycles. The summed E-state index contributed by atoms with van der Waals surface area (Å²) in [6, 6.07) is 7.55. The summed E-state index contributed by atoms with van der Waals surface area (Å²) in [5, 5.41) is 15.9. The number of fused-ring (bicyclic) bond motifs is 2. The van der Waals surface area contributed by atoms with Crippen molar-refractivity contribution in [2.45, 2.75) is 31.2 Å². The van der Waals surface area contributed by atoms with Crippen LogP contribution in [0.4, 0.5) is 14.7 Å². The van der Waals surface area contributed by atoms with Gasteiger partial charge in [0.25, 0.3) is 0 Å². The highest BCUT2D eigenvalue weighted by Gasteiger charge is 2.35. The Labute approximate surface area is 199 Å². The summed E-state index contributed by atoms with van der Waals surface area (Å²) in [4.78, 5) is 6.70. The lowest BCUT2D eigenvalue weighted by Gasteiger charge is -2.42. The molecule has 2 fully saturated rings. The van der Waals surface area contributed by atoms with E-state index < -0.39 is 12.8 Å². The lowest BCUT2D eigenvalue weighted by Crippen LogP contribution is -2.57. The van der Waals surface area contributed by atoms with E-state index in [0.29, 0.717) is 55.1 Å². The molecule has 0 radical (unpaired) electrons. The molecule has 0 spiro atoms. The molecule has 12 heteroatoms. The van der Waals surface area contributed by atoms with Crippen molar-refractivity contribution in [1.82, 2.24) is 34.5 Å². The molecule has 10 nitrogen and oxygen atoms in total. The van der Waals surface area contributed by atoms with E-state index in [0.717, 1.165) is 23.2 Å². The van der Waals surface area contributed by atoms with Crippen molar-refractivity contribution in [3.8, 4) is 17.0 Å². The van der Waals surface area contributed by atoms with Crippen LogP contribution >= 0.6 is 0 Å². The van der Waals surface area contributed by atoms with E-state index in [1.54, 1.807) is 16.3 Å². The van der Waals surface area contributed by atoms with Crippen LogP contribution in [-0.4, -0.2) is 92.8 Å². The summed E-state index contributed by atoms with van der Waals surface area (Å²) in [6.45, 7) is 2.15. The Morgan fingerprint density at radius 2 is 2.14 bits per heavy atom. The van der Waals surface area contributed by atoms with Gasteiger partial charge in [0.2, 0.25) is 11.8 Å². The number of ether oxygens (including phenoxy) is 2. The van der Waals surface area contributed by atoms with E-state index in [-0.39, 0.29) is 12.6 Å². The van der Waals surface area contributed by atoms with E-state index in [9.17, 15) is 8.78 Å². The van der Waals surface area contributed by atoms with Gasteiger partial charge in [-0.25, -0.2) is 18.0 Å². The average molecular weight is 485 g/mol. The van der Waals surface area contributed by atoms with Gasteiger partial charge in [0.1, 0.15) is 23.9 Å². The third-order valence-electron chi connectivity index (χ3n) is 6.82. The zero-order chi connectivity index (χ0) is 23.9. The molecule has 184 valence electrons. The Kier molecular flexibility index (Phi) is 5.69. The Morgan fingerprint density at radius 1 is 1.26 bits per heavy atom. The highest BCUT2D eigenvalue weighted by atomic mass is 19.1. The lowest BCUT2D eigenvalue weighted by atomic mass is 10.0. The number of rotatable bonds is 7. The van der Waals surface area contributed by atoms with Crippen LogP contribution in [0.5, 0.6) is 5.88 Å². The van der Waals surface area contributed by atoms with E-state index in [2.05, 4.69) is 30.6 Å². The van der Waals surface area contributed by atoms with Gasteiger partial charge in [0.15, 0.2) is 0 Å². The van der Waals surface area contributed by atoms with Gasteiger partial charge in [0, 0.05) is 24.8 Å². The van der Waals surface area contributed by atoms with E-state index in [1.807, 2.05) is 30.5 Å². The predicted molar refractivity (Wildman–Crippen MR) is 125 cm³/mol. The number of aromatic nitrogens is 6. The molecule has 3 aromatic heterocycles. The molecule has 5 heterocycles. The van der Waals surface area contributed by atoms with E-state index in [4.69, 9.17) is 9.47 Å². The third-order valence-corrected chi connectivity index (χ3v) is 6.82. The number of alkyl halides is 2. The summed E-state index contributed by atoms with van der Waals surface area (Å²) in [6.07, 6.45) is 1.43. The van der Waals surface area contributed by atoms with Crippen molar-refractivity contribution in [2.24, 2.45) is 0 Å². The minimum atomic E-state index is -1.04. The highest BCUT2D eigenvalue weighted by Crippen LogP contribution is 2.33. The summed E-state index contributed by atoms with van der Waals surface area (Å²) in [5.74, 6) is 0.683. The van der Waals surface area contributed by atoms with Crippen LogP contribution in [0, 0.1) is 0 Å². The Bertz CT molecular complexity index is 1350. The van der Waals surface area contributed by atoms with Crippen LogP contribution in [0.25, 0.3) is 27.7 Å². The molecule has 2 aliphatic rings. The van der Waals surface area contributed by atoms with Gasteiger partial charge < -0.3 is 14.8 Å². The van der Waals surface area contributed by atoms with Crippen molar-refractivity contribution in [1.29, 1.82) is 0 Å². The highest BCUT2D eigenvalue weighted by molar-refractivity contribution is 5.89. The number of anilines is 1. The molecule has 0 amide bonds. The Balaban J connectivity index is 1.28. The minimum absolute atomic E-state index is 0.140. The first kappa shape index (κ1) is 22.1. The number of halogens is 2. The molecule has 0 bridgehead atoms. The monoisotopic (exact) mass is 484 g/mol. The van der Waals surface area contributed by atoms with Gasteiger partial charge >= 0.3 is 0 Å². The zero-order valence-corrected chi connectivity index (χ0v) is 19.3. The number of methoxy groups -OCH3 is 1. The van der Waals surface area contributed by atoms with Gasteiger partial charge in [-0.05, 0) is 30.2 Å². The minimum Gasteiger partial charge on any atom is -0.479 e. The fraction of sp³-hybridized carbons (Fsp3) is 0.478. The van der Waals surface area contributed by atoms with Crippen LogP contribution < -0.4 is 10.1 Å². The summed E-state index contributed by atoms with van der Waals surface area (Å²) >= 11 is 0. The lowest BCUT2D eigenvalue weighted by molar-refractivity contribution is -0.0794.